The molecule has 0 N–H and O–H groups in total. The molecule has 2 aliphatic carbocycles. The van der Waals surface area contributed by atoms with Crippen LogP contribution in [-0.4, -0.2) is 11.6 Å². The minimum atomic E-state index is -0.369. The fourth-order valence-electron chi connectivity index (χ4n) is 2.72. The Kier molecular flexibility index (Phi) is 2.21. The Balaban J connectivity index is 2.11. The van der Waals surface area contributed by atoms with E-state index in [9.17, 15) is 4.79 Å². The molecule has 84 valence electrons. The van der Waals surface area contributed by atoms with E-state index >= 15 is 0 Å². The minimum Gasteiger partial charge on any atom is -0.460 e. The first-order valence-electron chi connectivity index (χ1n) is 5.73. The van der Waals surface area contributed by atoms with Crippen LogP contribution < -0.4 is 0 Å². The summed E-state index contributed by atoms with van der Waals surface area (Å²) in [5, 5.41) is 0. The summed E-state index contributed by atoms with van der Waals surface area (Å²) >= 11 is 0. The lowest BCUT2D eigenvalue weighted by Crippen LogP contribution is -2.38. The van der Waals surface area contributed by atoms with E-state index < -0.39 is 0 Å². The molecule has 2 aliphatic rings. The Bertz CT molecular complexity index is 311. The Labute approximate surface area is 91.7 Å². The molecule has 0 spiro atoms. The highest BCUT2D eigenvalue weighted by molar-refractivity contribution is 5.78. The summed E-state index contributed by atoms with van der Waals surface area (Å²) in [5.41, 5.74) is -0.641. The van der Waals surface area contributed by atoms with E-state index in [4.69, 9.17) is 4.74 Å². The van der Waals surface area contributed by atoms with Gasteiger partial charge in [0, 0.05) is 0 Å². The number of allylic oxidation sites excluding steroid dienone is 2. The Morgan fingerprint density at radius 1 is 1.40 bits per heavy atom. The van der Waals surface area contributed by atoms with Gasteiger partial charge in [-0.15, -0.1) is 0 Å². The van der Waals surface area contributed by atoms with Crippen LogP contribution in [0.3, 0.4) is 0 Å². The molecule has 15 heavy (non-hydrogen) atoms. The zero-order valence-electron chi connectivity index (χ0n) is 10.0. The molecular weight excluding hydrogens is 188 g/mol. The maximum atomic E-state index is 12.1. The lowest BCUT2D eigenvalue weighted by Gasteiger charge is -2.32. The van der Waals surface area contributed by atoms with Gasteiger partial charge in [-0.1, -0.05) is 12.2 Å². The van der Waals surface area contributed by atoms with Crippen LogP contribution in [0.2, 0.25) is 0 Å². The van der Waals surface area contributed by atoms with Crippen molar-refractivity contribution < 1.29 is 9.53 Å². The zero-order chi connectivity index (χ0) is 11.3. The van der Waals surface area contributed by atoms with Gasteiger partial charge in [0.15, 0.2) is 0 Å². The molecule has 0 amide bonds. The number of rotatable bonds is 1. The van der Waals surface area contributed by atoms with E-state index in [1.807, 2.05) is 20.8 Å². The van der Waals surface area contributed by atoms with Crippen molar-refractivity contribution in [2.24, 2.45) is 17.3 Å². The quantitative estimate of drug-likeness (QED) is 0.489. The second-order valence-electron chi connectivity index (χ2n) is 6.11. The van der Waals surface area contributed by atoms with E-state index in [-0.39, 0.29) is 17.0 Å². The largest absolute Gasteiger partial charge is 0.460 e. The number of fused-ring (bicyclic) bond motifs is 2. The summed E-state index contributed by atoms with van der Waals surface area (Å²) in [4.78, 5) is 12.1. The van der Waals surface area contributed by atoms with Crippen molar-refractivity contribution in [3.8, 4) is 0 Å². The van der Waals surface area contributed by atoms with Gasteiger partial charge in [0.2, 0.25) is 0 Å². The number of hydrogen-bond acceptors (Lipinski definition) is 2. The Hall–Kier alpha value is -0.790. The molecule has 1 saturated carbocycles. The normalized spacial score (nSPS) is 38.4. The van der Waals surface area contributed by atoms with Crippen LogP contribution >= 0.6 is 0 Å². The van der Waals surface area contributed by atoms with Gasteiger partial charge in [-0.3, -0.25) is 4.79 Å². The second-order valence-corrected chi connectivity index (χ2v) is 6.11. The lowest BCUT2D eigenvalue weighted by atomic mass is 9.77. The van der Waals surface area contributed by atoms with Crippen molar-refractivity contribution in [2.75, 3.05) is 0 Å². The standard InChI is InChI=1S/C13H20O2/c1-12(2,3)15-11(14)13(4)8-9-5-6-10(13)7-9/h5-6,9-10H,7-8H2,1-4H3. The van der Waals surface area contributed by atoms with E-state index in [1.165, 1.54) is 0 Å². The molecule has 3 unspecified atom stereocenters. The van der Waals surface area contributed by atoms with Crippen LogP contribution in [0.5, 0.6) is 0 Å². The molecule has 0 radical (unpaired) electrons. The smallest absolute Gasteiger partial charge is 0.312 e. The van der Waals surface area contributed by atoms with Crippen molar-refractivity contribution in [1.82, 2.24) is 0 Å². The number of carbonyl (C=O) groups excluding carboxylic acids is 1. The summed E-state index contributed by atoms with van der Waals surface area (Å²) < 4.78 is 5.50. The average molecular weight is 208 g/mol. The number of hydrogen-bond donors (Lipinski definition) is 0. The van der Waals surface area contributed by atoms with Gasteiger partial charge in [-0.25, -0.2) is 0 Å². The molecule has 0 heterocycles. The maximum absolute atomic E-state index is 12.1. The highest BCUT2D eigenvalue weighted by Gasteiger charge is 2.51. The molecule has 2 nitrogen and oxygen atoms in total. The minimum absolute atomic E-state index is 0.0214. The molecule has 0 aromatic rings. The first kappa shape index (κ1) is 10.7. The predicted octanol–water partition coefficient (Wildman–Crippen LogP) is 2.93. The van der Waals surface area contributed by atoms with Crippen LogP contribution in [0.4, 0.5) is 0 Å². The van der Waals surface area contributed by atoms with Crippen molar-refractivity contribution in [3.05, 3.63) is 12.2 Å². The molecular formula is C13H20O2. The molecule has 0 aliphatic heterocycles. The third-order valence-corrected chi connectivity index (χ3v) is 3.54. The van der Waals surface area contributed by atoms with Gasteiger partial charge in [0.1, 0.15) is 5.60 Å². The third kappa shape index (κ3) is 1.82. The molecule has 2 rings (SSSR count). The zero-order valence-corrected chi connectivity index (χ0v) is 10.0. The summed E-state index contributed by atoms with van der Waals surface area (Å²) in [6.45, 7) is 7.83. The van der Waals surface area contributed by atoms with Crippen molar-refractivity contribution >= 4 is 5.97 Å². The van der Waals surface area contributed by atoms with Crippen LogP contribution in [0.15, 0.2) is 12.2 Å². The van der Waals surface area contributed by atoms with Crippen molar-refractivity contribution in [2.45, 2.75) is 46.1 Å². The van der Waals surface area contributed by atoms with Gasteiger partial charge >= 0.3 is 5.97 Å². The molecule has 2 bridgehead atoms. The summed E-state index contributed by atoms with van der Waals surface area (Å²) in [7, 11) is 0. The highest BCUT2D eigenvalue weighted by atomic mass is 16.6. The highest BCUT2D eigenvalue weighted by Crippen LogP contribution is 2.52. The van der Waals surface area contributed by atoms with Gasteiger partial charge in [-0.05, 0) is 52.4 Å². The van der Waals surface area contributed by atoms with Crippen molar-refractivity contribution in [1.29, 1.82) is 0 Å². The fourth-order valence-corrected chi connectivity index (χ4v) is 2.72. The monoisotopic (exact) mass is 208 g/mol. The van der Waals surface area contributed by atoms with E-state index in [0.717, 1.165) is 12.8 Å². The van der Waals surface area contributed by atoms with Crippen LogP contribution in [0.25, 0.3) is 0 Å². The number of esters is 1. The lowest BCUT2D eigenvalue weighted by molar-refractivity contribution is -0.168. The Morgan fingerprint density at radius 2 is 2.07 bits per heavy atom. The molecule has 2 heteroatoms. The van der Waals surface area contributed by atoms with Crippen LogP contribution in [0, 0.1) is 17.3 Å². The Morgan fingerprint density at radius 3 is 2.47 bits per heavy atom. The van der Waals surface area contributed by atoms with E-state index in [2.05, 4.69) is 19.1 Å². The van der Waals surface area contributed by atoms with Gasteiger partial charge in [0.05, 0.1) is 5.41 Å². The number of carbonyl (C=O) groups is 1. The topological polar surface area (TPSA) is 26.3 Å². The van der Waals surface area contributed by atoms with E-state index in [1.54, 1.807) is 0 Å². The van der Waals surface area contributed by atoms with Gasteiger partial charge in [-0.2, -0.15) is 0 Å². The molecule has 1 fully saturated rings. The fraction of sp³-hybridized carbons (Fsp3) is 0.769. The second kappa shape index (κ2) is 3.10. The first-order chi connectivity index (χ1) is 6.81. The molecule has 0 aromatic carbocycles. The van der Waals surface area contributed by atoms with Crippen molar-refractivity contribution in [3.63, 3.8) is 0 Å². The van der Waals surface area contributed by atoms with Crippen LogP contribution in [0.1, 0.15) is 40.5 Å². The molecule has 0 aromatic heterocycles. The summed E-state index contributed by atoms with van der Waals surface area (Å²) in [5.74, 6) is 0.983. The summed E-state index contributed by atoms with van der Waals surface area (Å²) in [6.07, 6.45) is 6.54. The molecule has 3 atom stereocenters. The van der Waals surface area contributed by atoms with Gasteiger partial charge < -0.3 is 4.74 Å². The van der Waals surface area contributed by atoms with Gasteiger partial charge in [0.25, 0.3) is 0 Å². The van der Waals surface area contributed by atoms with E-state index in [0.29, 0.717) is 11.8 Å². The third-order valence-electron chi connectivity index (χ3n) is 3.54. The number of ether oxygens (including phenoxy) is 1. The van der Waals surface area contributed by atoms with Crippen LogP contribution in [-0.2, 0) is 9.53 Å². The molecule has 0 saturated heterocycles. The maximum Gasteiger partial charge on any atom is 0.312 e. The summed E-state index contributed by atoms with van der Waals surface area (Å²) in [6, 6.07) is 0. The first-order valence-corrected chi connectivity index (χ1v) is 5.73. The average Bonchev–Trinajstić information content (AvgIpc) is 2.60. The SMILES string of the molecule is CC(C)(C)OC(=O)C1(C)CC2C=CC1C2. The predicted molar refractivity (Wildman–Crippen MR) is 59.3 cm³/mol.